The van der Waals surface area contributed by atoms with Gasteiger partial charge in [0.2, 0.25) is 0 Å². The van der Waals surface area contributed by atoms with Crippen LogP contribution in [-0.2, 0) is 0 Å². The molecule has 23 heavy (non-hydrogen) atoms. The number of unbranched alkanes of at least 4 members (excludes halogenated alkanes) is 1. The van der Waals surface area contributed by atoms with Gasteiger partial charge >= 0.3 is 0 Å². The van der Waals surface area contributed by atoms with Gasteiger partial charge in [0.1, 0.15) is 0 Å². The highest BCUT2D eigenvalue weighted by atomic mass is 16.1. The van der Waals surface area contributed by atoms with Gasteiger partial charge in [-0.3, -0.25) is 9.79 Å². The Labute approximate surface area is 140 Å². The Bertz CT molecular complexity index is 513. The molecule has 0 spiro atoms. The predicted octanol–water partition coefficient (Wildman–Crippen LogP) is 2.42. The van der Waals surface area contributed by atoms with Gasteiger partial charge in [0.05, 0.1) is 6.54 Å². The molecule has 2 N–H and O–H groups in total. The molecule has 0 unspecified atom stereocenters. The molecule has 0 aliphatic carbocycles. The minimum Gasteiger partial charge on any atom is -0.357 e. The fourth-order valence-electron chi connectivity index (χ4n) is 2.19. The first-order valence-corrected chi connectivity index (χ1v) is 8.42. The van der Waals surface area contributed by atoms with Crippen LogP contribution in [0.3, 0.4) is 0 Å². The molecule has 0 aliphatic heterocycles. The lowest BCUT2D eigenvalue weighted by atomic mass is 10.1. The summed E-state index contributed by atoms with van der Waals surface area (Å²) in [5.41, 5.74) is 1.78. The Morgan fingerprint density at radius 2 is 2.04 bits per heavy atom. The van der Waals surface area contributed by atoms with Crippen molar-refractivity contribution in [3.8, 4) is 0 Å². The number of aryl methyl sites for hydroxylation is 1. The third-order valence-electron chi connectivity index (χ3n) is 3.48. The van der Waals surface area contributed by atoms with E-state index in [2.05, 4.69) is 34.4 Å². The summed E-state index contributed by atoms with van der Waals surface area (Å²) in [6.07, 6.45) is 2.31. The average Bonchev–Trinajstić information content (AvgIpc) is 2.55. The molecule has 0 atom stereocenters. The van der Waals surface area contributed by atoms with Gasteiger partial charge in [-0.15, -0.1) is 0 Å². The van der Waals surface area contributed by atoms with Crippen LogP contribution in [0.1, 0.15) is 42.6 Å². The molecular formula is C18H30N4O. The van der Waals surface area contributed by atoms with Crippen LogP contribution in [0.5, 0.6) is 0 Å². The van der Waals surface area contributed by atoms with E-state index in [1.165, 1.54) is 0 Å². The smallest absolute Gasteiger partial charge is 0.251 e. The van der Waals surface area contributed by atoms with Gasteiger partial charge in [-0.2, -0.15) is 0 Å². The number of hydrogen-bond acceptors (Lipinski definition) is 2. The predicted molar refractivity (Wildman–Crippen MR) is 97.0 cm³/mol. The SMILES string of the molecule is CCCCN(C)C(=NCCNC(=O)c1cccc(C)c1)NCC. The zero-order valence-electron chi connectivity index (χ0n) is 14.9. The zero-order valence-corrected chi connectivity index (χ0v) is 14.9. The van der Waals surface area contributed by atoms with Crippen LogP contribution in [0.4, 0.5) is 0 Å². The van der Waals surface area contributed by atoms with Gasteiger partial charge in [0.25, 0.3) is 5.91 Å². The Hall–Kier alpha value is -2.04. The second-order valence-electron chi connectivity index (χ2n) is 5.64. The van der Waals surface area contributed by atoms with E-state index in [1.54, 1.807) is 0 Å². The maximum atomic E-state index is 12.1. The van der Waals surface area contributed by atoms with Crippen molar-refractivity contribution >= 4 is 11.9 Å². The summed E-state index contributed by atoms with van der Waals surface area (Å²) in [7, 11) is 2.04. The third kappa shape index (κ3) is 7.17. The van der Waals surface area contributed by atoms with Crippen molar-refractivity contribution in [2.45, 2.75) is 33.6 Å². The fourth-order valence-corrected chi connectivity index (χ4v) is 2.19. The molecule has 0 fully saturated rings. The molecule has 1 aromatic carbocycles. The van der Waals surface area contributed by atoms with Crippen molar-refractivity contribution in [2.75, 3.05) is 33.2 Å². The van der Waals surface area contributed by atoms with Crippen LogP contribution in [0.25, 0.3) is 0 Å². The maximum Gasteiger partial charge on any atom is 0.251 e. The largest absolute Gasteiger partial charge is 0.357 e. The summed E-state index contributed by atoms with van der Waals surface area (Å²) in [6, 6.07) is 7.60. The standard InChI is InChI=1S/C18H30N4O/c1-5-7-13-22(4)18(19-6-2)21-12-11-20-17(23)16-10-8-9-15(3)14-16/h8-10,14H,5-7,11-13H2,1-4H3,(H,19,21)(H,20,23). The van der Waals surface area contributed by atoms with E-state index < -0.39 is 0 Å². The van der Waals surface area contributed by atoms with E-state index in [0.717, 1.165) is 37.5 Å². The molecule has 0 radical (unpaired) electrons. The first-order chi connectivity index (χ1) is 11.1. The molecule has 1 rings (SSSR count). The highest BCUT2D eigenvalue weighted by Gasteiger charge is 2.06. The molecular weight excluding hydrogens is 288 g/mol. The third-order valence-corrected chi connectivity index (χ3v) is 3.48. The number of nitrogens with zero attached hydrogens (tertiary/aromatic N) is 2. The molecule has 128 valence electrons. The number of carbonyl (C=O) groups excluding carboxylic acids is 1. The Morgan fingerprint density at radius 1 is 1.26 bits per heavy atom. The number of rotatable bonds is 8. The minimum absolute atomic E-state index is 0.0479. The fraction of sp³-hybridized carbons (Fsp3) is 0.556. The van der Waals surface area contributed by atoms with Crippen LogP contribution in [0.15, 0.2) is 29.3 Å². The number of nitrogens with one attached hydrogen (secondary N) is 2. The monoisotopic (exact) mass is 318 g/mol. The second kappa shape index (κ2) is 10.6. The van der Waals surface area contributed by atoms with E-state index in [-0.39, 0.29) is 5.91 Å². The quantitative estimate of drug-likeness (QED) is 0.440. The van der Waals surface area contributed by atoms with Gasteiger partial charge < -0.3 is 15.5 Å². The molecule has 0 heterocycles. The lowest BCUT2D eigenvalue weighted by Crippen LogP contribution is -2.40. The Balaban J connectivity index is 2.46. The number of guanidine groups is 1. The van der Waals surface area contributed by atoms with Crippen LogP contribution in [0.2, 0.25) is 0 Å². The lowest BCUT2D eigenvalue weighted by molar-refractivity contribution is 0.0954. The van der Waals surface area contributed by atoms with Crippen LogP contribution >= 0.6 is 0 Å². The minimum atomic E-state index is -0.0479. The van der Waals surface area contributed by atoms with Crippen LogP contribution < -0.4 is 10.6 Å². The average molecular weight is 318 g/mol. The van der Waals surface area contributed by atoms with E-state index in [4.69, 9.17) is 0 Å². The van der Waals surface area contributed by atoms with Gasteiger partial charge in [0, 0.05) is 32.2 Å². The van der Waals surface area contributed by atoms with Crippen molar-refractivity contribution in [3.05, 3.63) is 35.4 Å². The molecule has 5 nitrogen and oxygen atoms in total. The number of benzene rings is 1. The topological polar surface area (TPSA) is 56.7 Å². The second-order valence-corrected chi connectivity index (χ2v) is 5.64. The number of aliphatic imine (C=N–C) groups is 1. The normalized spacial score (nSPS) is 11.2. The van der Waals surface area contributed by atoms with Gasteiger partial charge in [0.15, 0.2) is 5.96 Å². The number of amides is 1. The van der Waals surface area contributed by atoms with Crippen molar-refractivity contribution < 1.29 is 4.79 Å². The highest BCUT2D eigenvalue weighted by Crippen LogP contribution is 2.03. The molecule has 0 aromatic heterocycles. The van der Waals surface area contributed by atoms with Crippen molar-refractivity contribution in [1.29, 1.82) is 0 Å². The van der Waals surface area contributed by atoms with E-state index in [9.17, 15) is 4.79 Å². The summed E-state index contributed by atoms with van der Waals surface area (Å²) in [4.78, 5) is 18.8. The molecule has 0 saturated carbocycles. The van der Waals surface area contributed by atoms with Crippen LogP contribution in [0, 0.1) is 6.92 Å². The maximum absolute atomic E-state index is 12.1. The molecule has 0 aliphatic rings. The van der Waals surface area contributed by atoms with Crippen molar-refractivity contribution in [3.63, 3.8) is 0 Å². The van der Waals surface area contributed by atoms with Crippen molar-refractivity contribution in [1.82, 2.24) is 15.5 Å². The molecule has 0 bridgehead atoms. The number of carbonyl (C=O) groups is 1. The summed E-state index contributed by atoms with van der Waals surface area (Å²) < 4.78 is 0. The summed E-state index contributed by atoms with van der Waals surface area (Å²) in [6.45, 7) is 9.14. The van der Waals surface area contributed by atoms with Gasteiger partial charge in [-0.05, 0) is 32.4 Å². The highest BCUT2D eigenvalue weighted by molar-refractivity contribution is 5.94. The number of hydrogen-bond donors (Lipinski definition) is 2. The van der Waals surface area contributed by atoms with Gasteiger partial charge in [-0.1, -0.05) is 31.0 Å². The van der Waals surface area contributed by atoms with E-state index in [0.29, 0.717) is 18.7 Å². The Morgan fingerprint density at radius 3 is 2.70 bits per heavy atom. The van der Waals surface area contributed by atoms with E-state index in [1.807, 2.05) is 38.2 Å². The Kier molecular flexibility index (Phi) is 8.80. The molecule has 1 aromatic rings. The molecule has 1 amide bonds. The summed E-state index contributed by atoms with van der Waals surface area (Å²) in [5.74, 6) is 0.846. The summed E-state index contributed by atoms with van der Waals surface area (Å²) >= 11 is 0. The first kappa shape index (κ1) is 19.0. The lowest BCUT2D eigenvalue weighted by Gasteiger charge is -2.21. The molecule has 5 heteroatoms. The van der Waals surface area contributed by atoms with Crippen molar-refractivity contribution in [2.24, 2.45) is 4.99 Å². The van der Waals surface area contributed by atoms with E-state index >= 15 is 0 Å². The summed E-state index contributed by atoms with van der Waals surface area (Å²) in [5, 5.41) is 6.20. The first-order valence-electron chi connectivity index (χ1n) is 8.42. The zero-order chi connectivity index (χ0) is 17.1. The van der Waals surface area contributed by atoms with Gasteiger partial charge in [-0.25, -0.2) is 0 Å². The van der Waals surface area contributed by atoms with Crippen LogP contribution in [-0.4, -0.2) is 50.0 Å². The molecule has 0 saturated heterocycles.